The quantitative estimate of drug-likeness (QED) is 0.624. The number of ether oxygens (including phenoxy) is 1. The molecule has 0 saturated carbocycles. The van der Waals surface area contributed by atoms with Crippen molar-refractivity contribution in [1.29, 1.82) is 0 Å². The molecule has 0 aliphatic carbocycles. The third kappa shape index (κ3) is 4.52. The van der Waals surface area contributed by atoms with Gasteiger partial charge in [-0.2, -0.15) is 0 Å². The average Bonchev–Trinajstić information content (AvgIpc) is 3.04. The van der Waals surface area contributed by atoms with Crippen LogP contribution in [0.15, 0.2) is 46.1 Å². The van der Waals surface area contributed by atoms with Crippen molar-refractivity contribution in [3.63, 3.8) is 0 Å². The second-order valence-electron chi connectivity index (χ2n) is 4.41. The maximum Gasteiger partial charge on any atom is 0.191 e. The van der Waals surface area contributed by atoms with E-state index in [1.807, 2.05) is 24.3 Å². The molecule has 2 aromatic rings. The van der Waals surface area contributed by atoms with Gasteiger partial charge >= 0.3 is 0 Å². The van der Waals surface area contributed by atoms with E-state index in [2.05, 4.69) is 26.8 Å². The van der Waals surface area contributed by atoms with Gasteiger partial charge in [0.15, 0.2) is 5.96 Å². The third-order valence-corrected chi connectivity index (χ3v) is 3.03. The van der Waals surface area contributed by atoms with Crippen LogP contribution in [0.5, 0.6) is 5.75 Å². The summed E-state index contributed by atoms with van der Waals surface area (Å²) in [5.41, 5.74) is 2.00. The zero-order valence-electron chi connectivity index (χ0n) is 12.3. The number of rotatable bonds is 6. The zero-order chi connectivity index (χ0) is 14.9. The van der Waals surface area contributed by atoms with Crippen molar-refractivity contribution in [2.75, 3.05) is 20.7 Å². The molecule has 0 aliphatic heterocycles. The Bertz CT molecular complexity index is 567. The van der Waals surface area contributed by atoms with Crippen molar-refractivity contribution in [2.24, 2.45) is 4.99 Å². The first-order chi connectivity index (χ1) is 10.3. The first-order valence-corrected chi connectivity index (χ1v) is 6.79. The number of aliphatic imine (C=N–C) groups is 1. The lowest BCUT2D eigenvalue weighted by atomic mass is 10.1. The molecule has 0 aliphatic rings. The second-order valence-corrected chi connectivity index (χ2v) is 4.41. The molecule has 1 heterocycles. The van der Waals surface area contributed by atoms with Crippen LogP contribution in [-0.4, -0.2) is 31.8 Å². The summed E-state index contributed by atoms with van der Waals surface area (Å²) in [6, 6.07) is 9.82. The Balaban J connectivity index is 1.78. The minimum atomic E-state index is 0.574. The smallest absolute Gasteiger partial charge is 0.191 e. The molecule has 0 saturated heterocycles. The topological polar surface area (TPSA) is 71.7 Å². The van der Waals surface area contributed by atoms with Crippen molar-refractivity contribution in [2.45, 2.75) is 13.0 Å². The largest absolute Gasteiger partial charge is 0.496 e. The third-order valence-electron chi connectivity index (χ3n) is 3.03. The molecule has 0 bridgehead atoms. The van der Waals surface area contributed by atoms with Gasteiger partial charge in [0.25, 0.3) is 0 Å². The van der Waals surface area contributed by atoms with Gasteiger partial charge in [0.2, 0.25) is 0 Å². The van der Waals surface area contributed by atoms with Gasteiger partial charge in [-0.15, -0.1) is 0 Å². The fourth-order valence-electron chi connectivity index (χ4n) is 1.95. The number of aromatic nitrogens is 1. The van der Waals surface area contributed by atoms with Crippen LogP contribution in [0.25, 0.3) is 0 Å². The summed E-state index contributed by atoms with van der Waals surface area (Å²) < 4.78 is 10.1. The number of nitrogens with zero attached hydrogens (tertiary/aromatic N) is 2. The maximum atomic E-state index is 5.33. The predicted molar refractivity (Wildman–Crippen MR) is 81.4 cm³/mol. The molecule has 0 amide bonds. The van der Waals surface area contributed by atoms with E-state index in [-0.39, 0.29) is 0 Å². The van der Waals surface area contributed by atoms with Crippen LogP contribution >= 0.6 is 0 Å². The molecule has 112 valence electrons. The standard InChI is InChI=1S/C15H20N4O2/c1-16-15(18-11-13-8-10-21-19-13)17-9-7-12-5-3-4-6-14(12)20-2/h3-6,8,10H,7,9,11H2,1-2H3,(H2,16,17,18). The SMILES string of the molecule is CN=C(NCCc1ccccc1OC)NCc1ccon1. The van der Waals surface area contributed by atoms with Crippen LogP contribution in [0.1, 0.15) is 11.3 Å². The van der Waals surface area contributed by atoms with Gasteiger partial charge in [-0.3, -0.25) is 4.99 Å². The molecular formula is C15H20N4O2. The Morgan fingerprint density at radius 2 is 2.14 bits per heavy atom. The van der Waals surface area contributed by atoms with Crippen LogP contribution in [0.2, 0.25) is 0 Å². The molecule has 0 atom stereocenters. The Labute approximate surface area is 124 Å². The fraction of sp³-hybridized carbons (Fsp3) is 0.333. The van der Waals surface area contributed by atoms with Crippen LogP contribution in [0.4, 0.5) is 0 Å². The van der Waals surface area contributed by atoms with Crippen LogP contribution < -0.4 is 15.4 Å². The highest BCUT2D eigenvalue weighted by molar-refractivity contribution is 5.79. The van der Waals surface area contributed by atoms with E-state index in [4.69, 9.17) is 9.26 Å². The average molecular weight is 288 g/mol. The summed E-state index contributed by atoms with van der Waals surface area (Å²) in [5.74, 6) is 1.64. The normalized spacial score (nSPS) is 11.2. The molecule has 0 fully saturated rings. The van der Waals surface area contributed by atoms with Gasteiger partial charge in [-0.25, -0.2) is 0 Å². The summed E-state index contributed by atoms with van der Waals surface area (Å²) in [6.45, 7) is 1.34. The highest BCUT2D eigenvalue weighted by atomic mass is 16.5. The van der Waals surface area contributed by atoms with E-state index in [0.29, 0.717) is 6.54 Å². The number of benzene rings is 1. The van der Waals surface area contributed by atoms with Crippen molar-refractivity contribution in [3.05, 3.63) is 47.9 Å². The number of methoxy groups -OCH3 is 1. The first kappa shape index (κ1) is 14.9. The number of guanidine groups is 1. The molecular weight excluding hydrogens is 268 g/mol. The number of hydrogen-bond donors (Lipinski definition) is 2. The molecule has 21 heavy (non-hydrogen) atoms. The van der Waals surface area contributed by atoms with Crippen LogP contribution in [-0.2, 0) is 13.0 Å². The Morgan fingerprint density at radius 1 is 1.29 bits per heavy atom. The van der Waals surface area contributed by atoms with Gasteiger partial charge in [-0.1, -0.05) is 23.4 Å². The van der Waals surface area contributed by atoms with Gasteiger partial charge in [0, 0.05) is 19.7 Å². The molecule has 6 heteroatoms. The van der Waals surface area contributed by atoms with Crippen LogP contribution in [0, 0.1) is 0 Å². The second kappa shape index (κ2) is 7.94. The van der Waals surface area contributed by atoms with Crippen molar-refractivity contribution in [3.8, 4) is 5.75 Å². The van der Waals surface area contributed by atoms with E-state index < -0.39 is 0 Å². The zero-order valence-corrected chi connectivity index (χ0v) is 12.3. The number of para-hydroxylation sites is 1. The molecule has 2 rings (SSSR count). The minimum absolute atomic E-state index is 0.574. The van der Waals surface area contributed by atoms with Crippen molar-refractivity contribution < 1.29 is 9.26 Å². The number of nitrogens with one attached hydrogen (secondary N) is 2. The monoisotopic (exact) mass is 288 g/mol. The summed E-state index contributed by atoms with van der Waals surface area (Å²) in [4.78, 5) is 4.17. The van der Waals surface area contributed by atoms with E-state index in [9.17, 15) is 0 Å². The first-order valence-electron chi connectivity index (χ1n) is 6.79. The minimum Gasteiger partial charge on any atom is -0.496 e. The Hall–Kier alpha value is -2.50. The van der Waals surface area contributed by atoms with E-state index in [0.717, 1.165) is 30.4 Å². The van der Waals surface area contributed by atoms with E-state index in [1.165, 1.54) is 5.56 Å². The van der Waals surface area contributed by atoms with Crippen LogP contribution in [0.3, 0.4) is 0 Å². The number of hydrogen-bond acceptors (Lipinski definition) is 4. The van der Waals surface area contributed by atoms with Gasteiger partial charge in [0.05, 0.1) is 13.7 Å². The molecule has 0 radical (unpaired) electrons. The maximum absolute atomic E-state index is 5.33. The lowest BCUT2D eigenvalue weighted by molar-refractivity contribution is 0.409. The fourth-order valence-corrected chi connectivity index (χ4v) is 1.95. The molecule has 6 nitrogen and oxygen atoms in total. The van der Waals surface area contributed by atoms with Gasteiger partial charge in [0.1, 0.15) is 17.7 Å². The summed E-state index contributed by atoms with van der Waals surface area (Å²) >= 11 is 0. The lowest BCUT2D eigenvalue weighted by Gasteiger charge is -2.12. The molecule has 0 unspecified atom stereocenters. The van der Waals surface area contributed by atoms with E-state index in [1.54, 1.807) is 20.4 Å². The van der Waals surface area contributed by atoms with Gasteiger partial charge < -0.3 is 19.9 Å². The Kier molecular flexibility index (Phi) is 5.63. The summed E-state index contributed by atoms with van der Waals surface area (Å²) in [7, 11) is 3.42. The van der Waals surface area contributed by atoms with Crippen molar-refractivity contribution >= 4 is 5.96 Å². The van der Waals surface area contributed by atoms with Crippen molar-refractivity contribution in [1.82, 2.24) is 15.8 Å². The summed E-state index contributed by atoms with van der Waals surface area (Å²) in [5, 5.41) is 10.3. The summed E-state index contributed by atoms with van der Waals surface area (Å²) in [6.07, 6.45) is 2.41. The molecule has 1 aromatic heterocycles. The predicted octanol–water partition coefficient (Wildman–Crippen LogP) is 1.59. The molecule has 0 spiro atoms. The highest BCUT2D eigenvalue weighted by Crippen LogP contribution is 2.17. The van der Waals surface area contributed by atoms with E-state index >= 15 is 0 Å². The lowest BCUT2D eigenvalue weighted by Crippen LogP contribution is -2.37. The molecule has 1 aromatic carbocycles. The molecule has 2 N–H and O–H groups in total. The highest BCUT2D eigenvalue weighted by Gasteiger charge is 2.03. The van der Waals surface area contributed by atoms with Gasteiger partial charge in [-0.05, 0) is 18.1 Å². The Morgan fingerprint density at radius 3 is 2.86 bits per heavy atom.